The number of hydrogen-bond acceptors (Lipinski definition) is 5. The van der Waals surface area contributed by atoms with Crippen LogP contribution in [-0.2, 0) is 9.53 Å². The molecule has 4 nitrogen and oxygen atoms in total. The minimum atomic E-state index is -0.435. The topological polar surface area (TPSA) is 58.6 Å². The molecular formula is C16H31NO3S. The second-order valence-corrected chi connectivity index (χ2v) is 7.85. The van der Waals surface area contributed by atoms with Gasteiger partial charge >= 0.3 is 5.97 Å². The van der Waals surface area contributed by atoms with Gasteiger partial charge in [0.1, 0.15) is 5.60 Å². The molecule has 1 aliphatic rings. The molecule has 0 aromatic carbocycles. The Morgan fingerprint density at radius 3 is 2.57 bits per heavy atom. The predicted octanol–water partition coefficient (Wildman–Crippen LogP) is 2.26. The molecule has 5 heteroatoms. The van der Waals surface area contributed by atoms with Crippen LogP contribution in [0.3, 0.4) is 0 Å². The van der Waals surface area contributed by atoms with Crippen molar-refractivity contribution in [2.45, 2.75) is 57.8 Å². The molecule has 4 atom stereocenters. The highest BCUT2D eigenvalue weighted by atomic mass is 32.1. The van der Waals surface area contributed by atoms with Crippen LogP contribution in [-0.4, -0.2) is 41.6 Å². The van der Waals surface area contributed by atoms with Crippen LogP contribution >= 0.6 is 12.6 Å². The summed E-state index contributed by atoms with van der Waals surface area (Å²) in [5.74, 6) is 0.357. The molecule has 0 aromatic rings. The lowest BCUT2D eigenvalue weighted by molar-refractivity contribution is -0.160. The number of carbonyl (C=O) groups is 1. The maximum Gasteiger partial charge on any atom is 0.309 e. The summed E-state index contributed by atoms with van der Waals surface area (Å²) in [5.41, 5.74) is -0.435. The Bertz CT molecular complexity index is 330. The molecule has 1 heterocycles. The first-order valence-corrected chi connectivity index (χ1v) is 8.48. The van der Waals surface area contributed by atoms with Crippen molar-refractivity contribution >= 4 is 18.6 Å². The summed E-state index contributed by atoms with van der Waals surface area (Å²) in [5, 5.41) is 13.1. The van der Waals surface area contributed by atoms with E-state index in [2.05, 4.69) is 24.9 Å². The average molecular weight is 317 g/mol. The molecule has 2 N–H and O–H groups in total. The van der Waals surface area contributed by atoms with Crippen LogP contribution in [0.15, 0.2) is 0 Å². The van der Waals surface area contributed by atoms with E-state index in [4.69, 9.17) is 4.74 Å². The predicted molar refractivity (Wildman–Crippen MR) is 88.6 cm³/mol. The molecule has 1 rings (SSSR count). The number of aliphatic hydroxyl groups excluding tert-OH is 1. The first-order chi connectivity index (χ1) is 9.74. The summed E-state index contributed by atoms with van der Waals surface area (Å²) in [6.45, 7) is 9.54. The molecule has 0 radical (unpaired) electrons. The van der Waals surface area contributed by atoms with Gasteiger partial charge in [-0.05, 0) is 58.4 Å². The fourth-order valence-corrected chi connectivity index (χ4v) is 3.32. The third-order valence-electron chi connectivity index (χ3n) is 4.17. The Hall–Kier alpha value is -0.260. The molecule has 1 saturated heterocycles. The maximum absolute atomic E-state index is 12.3. The number of hydrogen-bond donors (Lipinski definition) is 3. The highest BCUT2D eigenvalue weighted by Crippen LogP contribution is 2.28. The maximum atomic E-state index is 12.3. The fraction of sp³-hybridized carbons (Fsp3) is 0.938. The van der Waals surface area contributed by atoms with E-state index in [9.17, 15) is 9.90 Å². The SMILES string of the molecule is CC1CCC(C(=O)OC(C)(C)C)CCNCC(S)[C@H]1CO. The van der Waals surface area contributed by atoms with Gasteiger partial charge in [-0.1, -0.05) is 6.92 Å². The van der Waals surface area contributed by atoms with Crippen molar-refractivity contribution < 1.29 is 14.6 Å². The van der Waals surface area contributed by atoms with E-state index in [0.29, 0.717) is 5.92 Å². The molecule has 0 amide bonds. The normalized spacial score (nSPS) is 32.5. The Morgan fingerprint density at radius 1 is 1.33 bits per heavy atom. The Balaban J connectivity index is 2.67. The van der Waals surface area contributed by atoms with Gasteiger partial charge in [0.2, 0.25) is 0 Å². The summed E-state index contributed by atoms with van der Waals surface area (Å²) < 4.78 is 5.52. The van der Waals surface area contributed by atoms with Crippen LogP contribution in [0.1, 0.15) is 47.0 Å². The van der Waals surface area contributed by atoms with Crippen molar-refractivity contribution in [1.82, 2.24) is 5.32 Å². The first kappa shape index (κ1) is 18.8. The second kappa shape index (κ2) is 8.39. The number of nitrogens with one attached hydrogen (secondary N) is 1. The van der Waals surface area contributed by atoms with Crippen LogP contribution in [0, 0.1) is 17.8 Å². The van der Waals surface area contributed by atoms with Crippen molar-refractivity contribution in [2.75, 3.05) is 19.7 Å². The van der Waals surface area contributed by atoms with Crippen LogP contribution in [0.4, 0.5) is 0 Å². The van der Waals surface area contributed by atoms with E-state index < -0.39 is 5.60 Å². The Morgan fingerprint density at radius 2 is 2.00 bits per heavy atom. The molecule has 3 unspecified atom stereocenters. The molecule has 0 bridgehead atoms. The summed E-state index contributed by atoms with van der Waals surface area (Å²) in [6.07, 6.45) is 2.53. The van der Waals surface area contributed by atoms with Gasteiger partial charge in [-0.25, -0.2) is 0 Å². The van der Waals surface area contributed by atoms with Gasteiger partial charge in [0.15, 0.2) is 0 Å². The van der Waals surface area contributed by atoms with Crippen molar-refractivity contribution in [3.8, 4) is 0 Å². The van der Waals surface area contributed by atoms with Crippen LogP contribution in [0.25, 0.3) is 0 Å². The summed E-state index contributed by atoms with van der Waals surface area (Å²) >= 11 is 4.60. The Kier molecular flexibility index (Phi) is 7.51. The zero-order valence-corrected chi connectivity index (χ0v) is 14.7. The van der Waals surface area contributed by atoms with Gasteiger partial charge in [0.05, 0.1) is 5.92 Å². The lowest BCUT2D eigenvalue weighted by Crippen LogP contribution is -2.38. The van der Waals surface area contributed by atoms with Gasteiger partial charge < -0.3 is 15.2 Å². The van der Waals surface area contributed by atoms with Crippen LogP contribution in [0.5, 0.6) is 0 Å². The molecule has 1 aliphatic heterocycles. The number of esters is 1. The number of rotatable bonds is 2. The number of thiol groups is 1. The lowest BCUT2D eigenvalue weighted by atomic mass is 9.84. The molecule has 0 saturated carbocycles. The van der Waals surface area contributed by atoms with Gasteiger partial charge in [-0.3, -0.25) is 4.79 Å². The van der Waals surface area contributed by atoms with Crippen molar-refractivity contribution in [2.24, 2.45) is 17.8 Å². The van der Waals surface area contributed by atoms with Crippen molar-refractivity contribution in [3.63, 3.8) is 0 Å². The van der Waals surface area contributed by atoms with E-state index in [-0.39, 0.29) is 29.7 Å². The molecule has 1 fully saturated rings. The molecule has 21 heavy (non-hydrogen) atoms. The number of aliphatic hydroxyl groups is 1. The highest BCUT2D eigenvalue weighted by molar-refractivity contribution is 7.81. The van der Waals surface area contributed by atoms with Gasteiger partial charge in [0, 0.05) is 18.4 Å². The molecule has 0 aromatic heterocycles. The van der Waals surface area contributed by atoms with E-state index in [0.717, 1.165) is 32.4 Å². The van der Waals surface area contributed by atoms with E-state index in [1.165, 1.54) is 0 Å². The molecule has 0 aliphatic carbocycles. The monoisotopic (exact) mass is 317 g/mol. The van der Waals surface area contributed by atoms with Gasteiger partial charge in [-0.2, -0.15) is 12.6 Å². The van der Waals surface area contributed by atoms with Gasteiger partial charge in [-0.15, -0.1) is 0 Å². The average Bonchev–Trinajstić information content (AvgIpc) is 2.35. The highest BCUT2D eigenvalue weighted by Gasteiger charge is 2.29. The van der Waals surface area contributed by atoms with Crippen LogP contribution in [0.2, 0.25) is 0 Å². The third kappa shape index (κ3) is 6.57. The van der Waals surface area contributed by atoms with Crippen LogP contribution < -0.4 is 5.32 Å². The van der Waals surface area contributed by atoms with Crippen molar-refractivity contribution in [3.05, 3.63) is 0 Å². The first-order valence-electron chi connectivity index (χ1n) is 7.97. The minimum Gasteiger partial charge on any atom is -0.460 e. The summed E-state index contributed by atoms with van der Waals surface area (Å²) in [7, 11) is 0. The Labute approximate surface area is 134 Å². The molecular weight excluding hydrogens is 286 g/mol. The lowest BCUT2D eigenvalue weighted by Gasteiger charge is -2.31. The van der Waals surface area contributed by atoms with Gasteiger partial charge in [0.25, 0.3) is 0 Å². The zero-order valence-electron chi connectivity index (χ0n) is 13.8. The van der Waals surface area contributed by atoms with E-state index in [1.54, 1.807) is 0 Å². The third-order valence-corrected chi connectivity index (χ3v) is 4.74. The fourth-order valence-electron chi connectivity index (χ4n) is 2.80. The largest absolute Gasteiger partial charge is 0.460 e. The quantitative estimate of drug-likeness (QED) is 0.540. The number of carbonyl (C=O) groups excluding carboxylic acids is 1. The smallest absolute Gasteiger partial charge is 0.309 e. The molecule has 0 spiro atoms. The summed E-state index contributed by atoms with van der Waals surface area (Å²) in [6, 6.07) is 0. The minimum absolute atomic E-state index is 0.0602. The molecule has 124 valence electrons. The van der Waals surface area contributed by atoms with Crippen molar-refractivity contribution in [1.29, 1.82) is 0 Å². The standard InChI is InChI=1S/C16H31NO3S/c1-11-5-6-12(15(19)20-16(2,3)4)7-8-17-9-14(21)13(11)10-18/h11-14,17-18,21H,5-10H2,1-4H3/t11?,12?,13-,14?/m0/s1. The zero-order chi connectivity index (χ0) is 16.0. The van der Waals surface area contributed by atoms with E-state index in [1.807, 2.05) is 20.8 Å². The number of ether oxygens (including phenoxy) is 1. The van der Waals surface area contributed by atoms with E-state index >= 15 is 0 Å². The second-order valence-electron chi connectivity index (χ2n) is 7.19. The summed E-state index contributed by atoms with van der Waals surface area (Å²) in [4.78, 5) is 12.3.